The van der Waals surface area contributed by atoms with Gasteiger partial charge in [-0.2, -0.15) is 0 Å². The van der Waals surface area contributed by atoms with Crippen molar-refractivity contribution in [3.05, 3.63) is 35.2 Å². The van der Waals surface area contributed by atoms with E-state index in [1.165, 1.54) is 48.9 Å². The maximum atomic E-state index is 12.6. The summed E-state index contributed by atoms with van der Waals surface area (Å²) in [4.78, 5) is 45.6. The van der Waals surface area contributed by atoms with Crippen LogP contribution in [-0.4, -0.2) is 85.0 Å². The topological polar surface area (TPSA) is 117 Å². The second kappa shape index (κ2) is 14.0. The molecule has 192 valence electrons. The van der Waals surface area contributed by atoms with Crippen molar-refractivity contribution in [1.29, 1.82) is 0 Å². The van der Waals surface area contributed by atoms with Gasteiger partial charge in [-0.15, -0.1) is 11.3 Å². The molecule has 2 aromatic heterocycles. The van der Waals surface area contributed by atoms with Crippen molar-refractivity contribution in [3.63, 3.8) is 0 Å². The number of rotatable bonds is 13. The standard InChI is InChI=1S/C24H35N5O5S/c1-18-7-3-4-10-28(18)11-6-9-25-21(30)15-19-17-35-24(26-19)27-22(31)16-29(12-14-33-2)23(32)20-8-5-13-34-20/h5,8,13,17-18H,3-4,6-7,9-12,14-16H2,1-2H3,(H,25,30)(H,26,27,31). The normalized spacial score (nSPS) is 16.1. The Hall–Kier alpha value is -2.76. The highest BCUT2D eigenvalue weighted by molar-refractivity contribution is 7.13. The Morgan fingerprint density at radius 2 is 2.17 bits per heavy atom. The van der Waals surface area contributed by atoms with E-state index < -0.39 is 11.8 Å². The number of nitrogens with one attached hydrogen (secondary N) is 2. The molecule has 0 bridgehead atoms. The van der Waals surface area contributed by atoms with Gasteiger partial charge in [0.25, 0.3) is 5.91 Å². The zero-order valence-corrected chi connectivity index (χ0v) is 21.3. The number of ether oxygens (including phenoxy) is 1. The monoisotopic (exact) mass is 505 g/mol. The molecular weight excluding hydrogens is 470 g/mol. The summed E-state index contributed by atoms with van der Waals surface area (Å²) in [6.07, 6.45) is 6.30. The van der Waals surface area contributed by atoms with Crippen molar-refractivity contribution < 1.29 is 23.5 Å². The molecule has 1 unspecified atom stereocenters. The van der Waals surface area contributed by atoms with Gasteiger partial charge >= 0.3 is 0 Å². The Morgan fingerprint density at radius 1 is 1.31 bits per heavy atom. The van der Waals surface area contributed by atoms with Crippen LogP contribution >= 0.6 is 11.3 Å². The van der Waals surface area contributed by atoms with Crippen LogP contribution in [-0.2, 0) is 20.7 Å². The molecule has 1 saturated heterocycles. The minimum Gasteiger partial charge on any atom is -0.459 e. The Balaban J connectivity index is 1.40. The third-order valence-electron chi connectivity index (χ3n) is 5.94. The molecule has 0 aromatic carbocycles. The Kier molecular flexibility index (Phi) is 10.7. The van der Waals surface area contributed by atoms with Gasteiger partial charge in [0.05, 0.1) is 25.0 Å². The number of piperidine rings is 1. The summed E-state index contributed by atoms with van der Waals surface area (Å²) in [6, 6.07) is 3.79. The number of carbonyl (C=O) groups is 3. The van der Waals surface area contributed by atoms with Gasteiger partial charge in [0.15, 0.2) is 10.9 Å². The van der Waals surface area contributed by atoms with Crippen molar-refractivity contribution in [2.75, 3.05) is 51.8 Å². The molecule has 3 rings (SSSR count). The highest BCUT2D eigenvalue weighted by Gasteiger charge is 2.21. The van der Waals surface area contributed by atoms with Crippen LogP contribution in [0.4, 0.5) is 5.13 Å². The largest absolute Gasteiger partial charge is 0.459 e. The van der Waals surface area contributed by atoms with Crippen LogP contribution in [0.15, 0.2) is 28.2 Å². The van der Waals surface area contributed by atoms with Crippen molar-refractivity contribution in [2.45, 2.75) is 45.1 Å². The number of methoxy groups -OCH3 is 1. The molecular formula is C24H35N5O5S. The number of hydrogen-bond acceptors (Lipinski definition) is 8. The van der Waals surface area contributed by atoms with Crippen molar-refractivity contribution in [2.24, 2.45) is 0 Å². The highest BCUT2D eigenvalue weighted by atomic mass is 32.1. The molecule has 2 aromatic rings. The van der Waals surface area contributed by atoms with Crippen LogP contribution in [0, 0.1) is 0 Å². The maximum absolute atomic E-state index is 12.6. The Labute approximate surface area is 210 Å². The van der Waals surface area contributed by atoms with Crippen LogP contribution in [0.3, 0.4) is 0 Å². The smallest absolute Gasteiger partial charge is 0.290 e. The molecule has 0 radical (unpaired) electrons. The average molecular weight is 506 g/mol. The summed E-state index contributed by atoms with van der Waals surface area (Å²) < 4.78 is 10.2. The molecule has 0 spiro atoms. The predicted octanol–water partition coefficient (Wildman–Crippen LogP) is 2.39. The van der Waals surface area contributed by atoms with Gasteiger partial charge in [0.2, 0.25) is 11.8 Å². The third kappa shape index (κ3) is 8.75. The van der Waals surface area contributed by atoms with Gasteiger partial charge in [-0.1, -0.05) is 6.42 Å². The highest BCUT2D eigenvalue weighted by Crippen LogP contribution is 2.17. The minimum absolute atomic E-state index is 0.0883. The lowest BCUT2D eigenvalue weighted by atomic mass is 10.0. The summed E-state index contributed by atoms with van der Waals surface area (Å²) in [6.45, 7) is 5.40. The summed E-state index contributed by atoms with van der Waals surface area (Å²) in [5.74, 6) is -0.719. The lowest BCUT2D eigenvalue weighted by Gasteiger charge is -2.33. The van der Waals surface area contributed by atoms with E-state index in [2.05, 4.69) is 27.4 Å². The molecule has 1 aliphatic rings. The SMILES string of the molecule is COCCN(CC(=O)Nc1nc(CC(=O)NCCCN2CCCCC2C)cs1)C(=O)c1ccco1. The average Bonchev–Trinajstić information content (AvgIpc) is 3.52. The fraction of sp³-hybridized carbons (Fsp3) is 0.583. The van der Waals surface area contributed by atoms with Crippen LogP contribution in [0.25, 0.3) is 0 Å². The summed E-state index contributed by atoms with van der Waals surface area (Å²) in [5, 5.41) is 7.79. The fourth-order valence-electron chi connectivity index (χ4n) is 4.01. The van der Waals surface area contributed by atoms with E-state index in [9.17, 15) is 14.4 Å². The third-order valence-corrected chi connectivity index (χ3v) is 6.75. The Bertz CT molecular complexity index is 948. The number of aromatic nitrogens is 1. The lowest BCUT2D eigenvalue weighted by Crippen LogP contribution is -2.39. The van der Waals surface area contributed by atoms with E-state index in [1.807, 2.05) is 0 Å². The number of nitrogens with zero attached hydrogens (tertiary/aromatic N) is 3. The van der Waals surface area contributed by atoms with E-state index >= 15 is 0 Å². The van der Waals surface area contributed by atoms with Gasteiger partial charge in [-0.25, -0.2) is 4.98 Å². The number of anilines is 1. The molecule has 11 heteroatoms. The first-order valence-electron chi connectivity index (χ1n) is 12.0. The first-order chi connectivity index (χ1) is 17.0. The lowest BCUT2D eigenvalue weighted by molar-refractivity contribution is -0.120. The van der Waals surface area contributed by atoms with Gasteiger partial charge in [0, 0.05) is 38.2 Å². The van der Waals surface area contributed by atoms with E-state index in [-0.39, 0.29) is 37.8 Å². The first-order valence-corrected chi connectivity index (χ1v) is 12.9. The van der Waals surface area contributed by atoms with E-state index in [4.69, 9.17) is 9.15 Å². The second-order valence-corrected chi connectivity index (χ2v) is 9.51. The zero-order chi connectivity index (χ0) is 25.0. The van der Waals surface area contributed by atoms with Gasteiger partial charge < -0.3 is 29.6 Å². The number of amides is 3. The molecule has 0 aliphatic carbocycles. The summed E-state index contributed by atoms with van der Waals surface area (Å²) in [7, 11) is 1.53. The molecule has 3 heterocycles. The second-order valence-electron chi connectivity index (χ2n) is 8.65. The molecule has 3 amide bonds. The fourth-order valence-corrected chi connectivity index (χ4v) is 4.74. The van der Waals surface area contributed by atoms with Gasteiger partial charge in [0.1, 0.15) is 6.54 Å². The van der Waals surface area contributed by atoms with Crippen molar-refractivity contribution >= 4 is 34.2 Å². The summed E-state index contributed by atoms with van der Waals surface area (Å²) in [5.41, 5.74) is 0.593. The quantitative estimate of drug-likeness (QED) is 0.402. The van der Waals surface area contributed by atoms with Crippen molar-refractivity contribution in [3.8, 4) is 0 Å². The molecule has 1 aliphatic heterocycles. The van der Waals surface area contributed by atoms with Crippen LogP contribution in [0.1, 0.15) is 48.9 Å². The number of hydrogen-bond donors (Lipinski definition) is 2. The zero-order valence-electron chi connectivity index (χ0n) is 20.5. The molecule has 35 heavy (non-hydrogen) atoms. The summed E-state index contributed by atoms with van der Waals surface area (Å²) >= 11 is 1.24. The molecule has 10 nitrogen and oxygen atoms in total. The number of carbonyl (C=O) groups excluding carboxylic acids is 3. The van der Waals surface area contributed by atoms with E-state index in [0.29, 0.717) is 23.4 Å². The van der Waals surface area contributed by atoms with Crippen LogP contribution in [0.5, 0.6) is 0 Å². The Morgan fingerprint density at radius 3 is 2.91 bits per heavy atom. The molecule has 2 N–H and O–H groups in total. The molecule has 0 saturated carbocycles. The molecule has 1 fully saturated rings. The van der Waals surface area contributed by atoms with E-state index in [1.54, 1.807) is 17.5 Å². The van der Waals surface area contributed by atoms with Crippen molar-refractivity contribution in [1.82, 2.24) is 20.1 Å². The number of furan rings is 1. The van der Waals surface area contributed by atoms with Crippen LogP contribution in [0.2, 0.25) is 0 Å². The molecule has 1 atom stereocenters. The van der Waals surface area contributed by atoms with E-state index in [0.717, 1.165) is 19.5 Å². The minimum atomic E-state index is -0.395. The predicted molar refractivity (Wildman–Crippen MR) is 133 cm³/mol. The van der Waals surface area contributed by atoms with Gasteiger partial charge in [-0.05, 0) is 44.9 Å². The number of thiazole rings is 1. The van der Waals surface area contributed by atoms with Gasteiger partial charge in [-0.3, -0.25) is 14.4 Å². The maximum Gasteiger partial charge on any atom is 0.290 e. The number of likely N-dealkylation sites (tertiary alicyclic amines) is 1. The van der Waals surface area contributed by atoms with Crippen LogP contribution < -0.4 is 10.6 Å². The first kappa shape index (κ1) is 26.8.